The Morgan fingerprint density at radius 2 is 1.35 bits per heavy atom. The predicted octanol–water partition coefficient (Wildman–Crippen LogP) is 1.74. The summed E-state index contributed by atoms with van der Waals surface area (Å²) in [7, 11) is 0. The van der Waals surface area contributed by atoms with E-state index in [1.807, 2.05) is 20.1 Å². The number of benzene rings is 1. The number of alkyl carbamates (subject to hydrolysis) is 1. The van der Waals surface area contributed by atoms with E-state index in [4.69, 9.17) is 4.74 Å². The Kier molecular flexibility index (Phi) is 19.1. The smallest absolute Gasteiger partial charge is 0.408 e. The highest BCUT2D eigenvalue weighted by Crippen LogP contribution is 2.10. The van der Waals surface area contributed by atoms with Crippen molar-refractivity contribution in [2.45, 2.75) is 110 Å². The maximum absolute atomic E-state index is 13.6. The molecule has 0 aliphatic carbocycles. The zero-order chi connectivity index (χ0) is 38.9. The maximum atomic E-state index is 13.6. The molecule has 286 valence electrons. The number of carboxylic acid groups (broad SMARTS) is 1. The van der Waals surface area contributed by atoms with E-state index in [0.29, 0.717) is 5.75 Å². The summed E-state index contributed by atoms with van der Waals surface area (Å²) in [5, 5.41) is 24.9. The molecule has 51 heavy (non-hydrogen) atoms. The molecule has 0 heterocycles. The number of rotatable bonds is 20. The van der Waals surface area contributed by atoms with Crippen molar-refractivity contribution in [3.05, 3.63) is 35.9 Å². The first-order valence-corrected chi connectivity index (χ1v) is 18.4. The number of carboxylic acids is 1. The van der Waals surface area contributed by atoms with Gasteiger partial charge in [-0.3, -0.25) is 24.0 Å². The number of carbonyl (C=O) groups is 7. The topological polar surface area (TPSA) is 221 Å². The molecule has 5 atom stereocenters. The highest BCUT2D eigenvalue weighted by Gasteiger charge is 2.32. The van der Waals surface area contributed by atoms with Crippen LogP contribution in [0.15, 0.2) is 30.3 Å². The predicted molar refractivity (Wildman–Crippen MR) is 195 cm³/mol. The Morgan fingerprint density at radius 1 is 0.765 bits per heavy atom. The van der Waals surface area contributed by atoms with E-state index < -0.39 is 89.9 Å². The normalized spacial score (nSPS) is 14.3. The summed E-state index contributed by atoms with van der Waals surface area (Å²) in [6.07, 6.45) is 1.53. The van der Waals surface area contributed by atoms with Crippen molar-refractivity contribution in [3.8, 4) is 0 Å². The number of ether oxygens (including phenoxy) is 1. The Morgan fingerprint density at radius 3 is 1.88 bits per heavy atom. The number of hydrogen-bond donors (Lipinski definition) is 7. The van der Waals surface area contributed by atoms with Crippen LogP contribution in [-0.2, 0) is 39.9 Å². The lowest BCUT2D eigenvalue weighted by molar-refractivity contribution is -0.142. The number of amides is 6. The van der Waals surface area contributed by atoms with Crippen molar-refractivity contribution in [2.24, 2.45) is 11.8 Å². The second-order valence-corrected chi connectivity index (χ2v) is 15.0. The average Bonchev–Trinajstić information content (AvgIpc) is 3.02. The van der Waals surface area contributed by atoms with E-state index in [2.05, 4.69) is 31.9 Å². The third kappa shape index (κ3) is 17.9. The Hall–Kier alpha value is -4.34. The molecule has 0 radical (unpaired) electrons. The number of thioether (sulfide) groups is 1. The van der Waals surface area contributed by atoms with E-state index in [1.165, 1.54) is 18.7 Å². The highest BCUT2D eigenvalue weighted by atomic mass is 32.2. The van der Waals surface area contributed by atoms with Gasteiger partial charge in [0.25, 0.3) is 0 Å². The molecule has 0 aliphatic heterocycles. The standard InChI is InChI=1S/C35H56N6O9S/c1-20(2)17-25(30(44)39-24(33(47)48)15-16-51-9)38-27(42)19-36-32(46)28(21(3)4)41-31(45)26(18-23-13-11-10-12-14-23)40-29(43)22(5)37-34(49)50-35(6,7)8/h10-14,20-22,24-26,28H,15-19H2,1-9H3,(H,36,46)(H,37,49)(H,38,42)(H,39,44)(H,40,43)(H,41,45)(H,47,48)/t22-,24-,25-,26-,28-/m0/s1. The van der Waals surface area contributed by atoms with Crippen LogP contribution >= 0.6 is 11.8 Å². The minimum atomic E-state index is -1.18. The lowest BCUT2D eigenvalue weighted by Crippen LogP contribution is -2.58. The third-order valence-electron chi connectivity index (χ3n) is 7.30. The summed E-state index contributed by atoms with van der Waals surface area (Å²) in [5.74, 6) is -4.46. The van der Waals surface area contributed by atoms with Gasteiger partial charge in [-0.1, -0.05) is 58.0 Å². The Balaban J connectivity index is 3.01. The van der Waals surface area contributed by atoms with Crippen molar-refractivity contribution in [2.75, 3.05) is 18.6 Å². The zero-order valence-corrected chi connectivity index (χ0v) is 31.9. The fourth-order valence-corrected chi connectivity index (χ4v) is 5.16. The highest BCUT2D eigenvalue weighted by molar-refractivity contribution is 7.98. The molecule has 1 aromatic carbocycles. The van der Waals surface area contributed by atoms with E-state index in [1.54, 1.807) is 65.0 Å². The van der Waals surface area contributed by atoms with Crippen LogP contribution in [0.5, 0.6) is 0 Å². The van der Waals surface area contributed by atoms with Gasteiger partial charge in [-0.15, -0.1) is 0 Å². The molecule has 0 aliphatic rings. The monoisotopic (exact) mass is 736 g/mol. The Bertz CT molecular complexity index is 1340. The van der Waals surface area contributed by atoms with Crippen molar-refractivity contribution in [1.29, 1.82) is 0 Å². The molecule has 0 bridgehead atoms. The third-order valence-corrected chi connectivity index (χ3v) is 7.94. The minimum absolute atomic E-state index is 0.0222. The molecule has 6 amide bonds. The number of carbonyl (C=O) groups excluding carboxylic acids is 6. The van der Waals surface area contributed by atoms with Gasteiger partial charge in [0.05, 0.1) is 6.54 Å². The van der Waals surface area contributed by atoms with E-state index >= 15 is 0 Å². The number of aliphatic carboxylic acids is 1. The van der Waals surface area contributed by atoms with Crippen LogP contribution in [0.2, 0.25) is 0 Å². The van der Waals surface area contributed by atoms with Gasteiger partial charge < -0.3 is 41.7 Å². The average molecular weight is 737 g/mol. The summed E-state index contributed by atoms with van der Waals surface area (Å²) in [5.41, 5.74) is -0.0568. The fourth-order valence-electron chi connectivity index (χ4n) is 4.69. The first kappa shape index (κ1) is 44.7. The van der Waals surface area contributed by atoms with E-state index in [9.17, 15) is 38.7 Å². The van der Waals surface area contributed by atoms with Gasteiger partial charge in [-0.2, -0.15) is 11.8 Å². The lowest BCUT2D eigenvalue weighted by Gasteiger charge is -2.27. The first-order chi connectivity index (χ1) is 23.7. The van der Waals surface area contributed by atoms with Gasteiger partial charge >= 0.3 is 12.1 Å². The van der Waals surface area contributed by atoms with Gasteiger partial charge in [0.1, 0.15) is 35.8 Å². The van der Waals surface area contributed by atoms with Crippen LogP contribution in [0.3, 0.4) is 0 Å². The van der Waals surface area contributed by atoms with Crippen molar-refractivity contribution < 1.29 is 43.4 Å². The Labute approximate surface area is 304 Å². The molecular formula is C35H56N6O9S. The molecule has 0 saturated carbocycles. The van der Waals surface area contributed by atoms with Crippen molar-refractivity contribution in [3.63, 3.8) is 0 Å². The molecule has 15 nitrogen and oxygen atoms in total. The van der Waals surface area contributed by atoms with Gasteiger partial charge in [-0.25, -0.2) is 9.59 Å². The summed E-state index contributed by atoms with van der Waals surface area (Å²) < 4.78 is 5.21. The van der Waals surface area contributed by atoms with Crippen LogP contribution in [0.25, 0.3) is 0 Å². The molecule has 7 N–H and O–H groups in total. The summed E-state index contributed by atoms with van der Waals surface area (Å²) >= 11 is 1.44. The van der Waals surface area contributed by atoms with E-state index in [0.717, 1.165) is 5.56 Å². The molecule has 0 unspecified atom stereocenters. The largest absolute Gasteiger partial charge is 0.480 e. The number of nitrogens with one attached hydrogen (secondary N) is 6. The number of hydrogen-bond acceptors (Lipinski definition) is 9. The first-order valence-electron chi connectivity index (χ1n) is 17.0. The fraction of sp³-hybridized carbons (Fsp3) is 0.629. The molecular weight excluding hydrogens is 680 g/mol. The second kappa shape index (κ2) is 21.8. The van der Waals surface area contributed by atoms with Crippen LogP contribution in [-0.4, -0.2) is 101 Å². The van der Waals surface area contributed by atoms with Gasteiger partial charge in [0, 0.05) is 6.42 Å². The van der Waals surface area contributed by atoms with Crippen LogP contribution in [0.1, 0.15) is 73.8 Å². The van der Waals surface area contributed by atoms with Crippen molar-refractivity contribution >= 4 is 53.4 Å². The molecule has 1 aromatic rings. The minimum Gasteiger partial charge on any atom is -0.480 e. The molecule has 1 rings (SSSR count). The quantitative estimate of drug-likeness (QED) is 0.103. The molecule has 0 fully saturated rings. The van der Waals surface area contributed by atoms with Crippen LogP contribution in [0.4, 0.5) is 4.79 Å². The molecule has 0 spiro atoms. The van der Waals surface area contributed by atoms with Crippen LogP contribution < -0.4 is 31.9 Å². The van der Waals surface area contributed by atoms with Crippen LogP contribution in [0, 0.1) is 11.8 Å². The maximum Gasteiger partial charge on any atom is 0.408 e. The van der Waals surface area contributed by atoms with Gasteiger partial charge in [0.15, 0.2) is 0 Å². The lowest BCUT2D eigenvalue weighted by atomic mass is 10.0. The summed E-state index contributed by atoms with van der Waals surface area (Å²) in [6.45, 7) is 13.0. The second-order valence-electron chi connectivity index (χ2n) is 14.0. The van der Waals surface area contributed by atoms with Gasteiger partial charge in [-0.05, 0) is 69.9 Å². The van der Waals surface area contributed by atoms with E-state index in [-0.39, 0.29) is 25.2 Å². The van der Waals surface area contributed by atoms with Gasteiger partial charge in [0.2, 0.25) is 29.5 Å². The summed E-state index contributed by atoms with van der Waals surface area (Å²) in [6, 6.07) is 3.45. The zero-order valence-electron chi connectivity index (χ0n) is 31.1. The molecule has 16 heteroatoms. The SMILES string of the molecule is CSCC[C@H](NC(=O)[C@H](CC(C)C)NC(=O)CNC(=O)[C@@H](NC(=O)[C@H](Cc1ccccc1)NC(=O)[C@H](C)NC(=O)OC(C)(C)C)C(C)C)C(=O)O. The van der Waals surface area contributed by atoms with Crippen molar-refractivity contribution in [1.82, 2.24) is 31.9 Å². The molecule has 0 saturated heterocycles. The molecule has 0 aromatic heterocycles. The summed E-state index contributed by atoms with van der Waals surface area (Å²) in [4.78, 5) is 89.7.